The number of piperidine rings is 1. The van der Waals surface area contributed by atoms with Crippen molar-refractivity contribution in [1.29, 1.82) is 0 Å². The topological polar surface area (TPSA) is 74.7 Å². The summed E-state index contributed by atoms with van der Waals surface area (Å²) in [6.07, 6.45) is 0.659. The first kappa shape index (κ1) is 14.2. The van der Waals surface area contributed by atoms with Crippen LogP contribution in [0.15, 0.2) is 29.2 Å². The number of nitrogens with zero attached hydrogens (tertiary/aromatic N) is 1. The van der Waals surface area contributed by atoms with Gasteiger partial charge in [-0.05, 0) is 31.9 Å². The lowest BCUT2D eigenvalue weighted by Crippen LogP contribution is -2.42. The molecule has 5 nitrogen and oxygen atoms in total. The fraction of sp³-hybridized carbons (Fsp3) is 0.462. The maximum Gasteiger partial charge on any atom is 0.243 e. The van der Waals surface area contributed by atoms with Crippen LogP contribution >= 0.6 is 0 Å². The monoisotopic (exact) mass is 283 g/mol. The number of rotatable bonds is 3. The van der Waals surface area contributed by atoms with Crippen LogP contribution in [0.2, 0.25) is 0 Å². The van der Waals surface area contributed by atoms with E-state index in [1.807, 2.05) is 0 Å². The average molecular weight is 283 g/mol. The van der Waals surface area contributed by atoms with Crippen LogP contribution in [0.3, 0.4) is 0 Å². The van der Waals surface area contributed by atoms with Crippen LogP contribution in [0.4, 0.5) is 0 Å². The van der Waals surface area contributed by atoms with Crippen LogP contribution in [0, 0.1) is 0 Å². The molecule has 0 saturated carbocycles. The molecule has 6 heteroatoms. The van der Waals surface area contributed by atoms with E-state index in [0.29, 0.717) is 24.9 Å². The predicted octanol–water partition coefficient (Wildman–Crippen LogP) is 1.03. The molecule has 0 aromatic heterocycles. The van der Waals surface area contributed by atoms with Gasteiger partial charge in [-0.2, -0.15) is 4.31 Å². The highest BCUT2D eigenvalue weighted by molar-refractivity contribution is 7.89. The highest BCUT2D eigenvalue weighted by atomic mass is 32.2. The molecule has 1 heterocycles. The molecule has 0 amide bonds. The maximum absolute atomic E-state index is 12.4. The summed E-state index contributed by atoms with van der Waals surface area (Å²) in [7, 11) is -3.63. The fourth-order valence-electron chi connectivity index (χ4n) is 2.16. The van der Waals surface area contributed by atoms with Crippen LogP contribution < -0.4 is 0 Å². The minimum absolute atomic E-state index is 0.106. The van der Waals surface area contributed by atoms with Gasteiger partial charge >= 0.3 is 0 Å². The molecule has 104 valence electrons. The summed E-state index contributed by atoms with van der Waals surface area (Å²) in [6.45, 7) is 1.92. The average Bonchev–Trinajstić information content (AvgIpc) is 2.39. The van der Waals surface area contributed by atoms with Crippen molar-refractivity contribution in [3.8, 4) is 0 Å². The number of ketones is 1. The molecular weight excluding hydrogens is 266 g/mol. The van der Waals surface area contributed by atoms with Gasteiger partial charge in [-0.3, -0.25) is 4.79 Å². The van der Waals surface area contributed by atoms with Crippen molar-refractivity contribution in [2.24, 2.45) is 0 Å². The molecule has 1 atom stereocenters. The van der Waals surface area contributed by atoms with Gasteiger partial charge in [0.2, 0.25) is 10.0 Å². The number of β-amino-alcohol motifs (C(OH)–C–C–N with tert-alkyl or cyclic N) is 1. The Bertz CT molecular complexity index is 582. The third-order valence-corrected chi connectivity index (χ3v) is 5.10. The molecule has 1 aliphatic heterocycles. The van der Waals surface area contributed by atoms with Gasteiger partial charge in [-0.15, -0.1) is 0 Å². The molecule has 1 fully saturated rings. The van der Waals surface area contributed by atoms with Crippen LogP contribution in [0.25, 0.3) is 0 Å². The largest absolute Gasteiger partial charge is 0.392 e. The van der Waals surface area contributed by atoms with E-state index in [1.54, 1.807) is 12.1 Å². The lowest BCUT2D eigenvalue weighted by atomic mass is 10.1. The molecule has 19 heavy (non-hydrogen) atoms. The van der Waals surface area contributed by atoms with E-state index in [2.05, 4.69) is 0 Å². The Hall–Kier alpha value is -1.24. The first-order valence-corrected chi connectivity index (χ1v) is 7.64. The molecule has 0 spiro atoms. The second kappa shape index (κ2) is 5.40. The number of carbonyl (C=O) groups excluding carboxylic acids is 1. The number of aliphatic hydroxyl groups is 1. The highest BCUT2D eigenvalue weighted by Crippen LogP contribution is 2.21. The fourth-order valence-corrected chi connectivity index (χ4v) is 3.73. The zero-order valence-corrected chi connectivity index (χ0v) is 11.6. The van der Waals surface area contributed by atoms with Gasteiger partial charge in [-0.1, -0.05) is 12.1 Å². The molecule has 0 radical (unpaired) electrons. The third kappa shape index (κ3) is 3.02. The van der Waals surface area contributed by atoms with Crippen molar-refractivity contribution in [1.82, 2.24) is 4.31 Å². The number of benzene rings is 1. The third-order valence-electron chi connectivity index (χ3n) is 3.24. The van der Waals surface area contributed by atoms with Crippen molar-refractivity contribution in [2.75, 3.05) is 13.1 Å². The van der Waals surface area contributed by atoms with Crippen molar-refractivity contribution in [3.63, 3.8) is 0 Å². The minimum Gasteiger partial charge on any atom is -0.392 e. The zero-order valence-electron chi connectivity index (χ0n) is 10.7. The Labute approximate surface area is 112 Å². The molecular formula is C13H17NO4S. The SMILES string of the molecule is CC(=O)c1cccc(S(=O)(=O)N2CCCC(O)C2)c1. The van der Waals surface area contributed by atoms with Crippen molar-refractivity contribution in [2.45, 2.75) is 30.8 Å². The normalized spacial score (nSPS) is 21.3. The summed E-state index contributed by atoms with van der Waals surface area (Å²) in [6, 6.07) is 6.01. The minimum atomic E-state index is -3.63. The van der Waals surface area contributed by atoms with Gasteiger partial charge in [-0.25, -0.2) is 8.42 Å². The van der Waals surface area contributed by atoms with Crippen LogP contribution in [-0.2, 0) is 10.0 Å². The second-order valence-corrected chi connectivity index (χ2v) is 6.68. The standard InChI is InChI=1S/C13H17NO4S/c1-10(15)11-4-2-6-13(8-11)19(17,18)14-7-3-5-12(16)9-14/h2,4,6,8,12,16H,3,5,7,9H2,1H3. The second-order valence-electron chi connectivity index (χ2n) is 4.74. The first-order chi connectivity index (χ1) is 8.91. The van der Waals surface area contributed by atoms with E-state index in [4.69, 9.17) is 0 Å². The lowest BCUT2D eigenvalue weighted by Gasteiger charge is -2.29. The quantitative estimate of drug-likeness (QED) is 0.841. The number of sulfonamides is 1. The zero-order chi connectivity index (χ0) is 14.0. The summed E-state index contributed by atoms with van der Waals surface area (Å²) in [5.41, 5.74) is 0.374. The maximum atomic E-state index is 12.4. The molecule has 1 aliphatic rings. The Kier molecular flexibility index (Phi) is 4.03. The molecule has 0 aliphatic carbocycles. The van der Waals surface area contributed by atoms with Crippen LogP contribution in [-0.4, -0.2) is 42.8 Å². The summed E-state index contributed by atoms with van der Waals surface area (Å²) >= 11 is 0. The van der Waals surface area contributed by atoms with Crippen molar-refractivity contribution >= 4 is 15.8 Å². The van der Waals surface area contributed by atoms with E-state index < -0.39 is 16.1 Å². The van der Waals surface area contributed by atoms with Gasteiger partial charge < -0.3 is 5.11 Å². The Morgan fingerprint density at radius 2 is 2.16 bits per heavy atom. The van der Waals surface area contributed by atoms with Crippen molar-refractivity contribution in [3.05, 3.63) is 29.8 Å². The van der Waals surface area contributed by atoms with E-state index in [-0.39, 0.29) is 17.2 Å². The number of hydrogen-bond donors (Lipinski definition) is 1. The molecule has 1 N–H and O–H groups in total. The van der Waals surface area contributed by atoms with Gasteiger partial charge in [0.15, 0.2) is 5.78 Å². The number of Topliss-reactive ketones (excluding diaryl/α,β-unsaturated/α-hetero) is 1. The molecule has 0 bridgehead atoms. The van der Waals surface area contributed by atoms with Crippen LogP contribution in [0.1, 0.15) is 30.1 Å². The molecule has 1 unspecified atom stereocenters. The summed E-state index contributed by atoms with van der Waals surface area (Å²) in [5, 5.41) is 9.57. The Morgan fingerprint density at radius 3 is 2.79 bits per heavy atom. The van der Waals surface area contributed by atoms with E-state index in [9.17, 15) is 18.3 Å². The number of hydrogen-bond acceptors (Lipinski definition) is 4. The van der Waals surface area contributed by atoms with E-state index >= 15 is 0 Å². The Balaban J connectivity index is 2.33. The van der Waals surface area contributed by atoms with Crippen LogP contribution in [0.5, 0.6) is 0 Å². The summed E-state index contributed by atoms with van der Waals surface area (Å²) in [5.74, 6) is -0.171. The molecule has 1 aromatic carbocycles. The smallest absolute Gasteiger partial charge is 0.243 e. The van der Waals surface area contributed by atoms with Gasteiger partial charge in [0.25, 0.3) is 0 Å². The summed E-state index contributed by atoms with van der Waals surface area (Å²) in [4.78, 5) is 11.4. The van der Waals surface area contributed by atoms with E-state index in [0.717, 1.165) is 0 Å². The first-order valence-electron chi connectivity index (χ1n) is 6.20. The lowest BCUT2D eigenvalue weighted by molar-refractivity contribution is 0.101. The number of aliphatic hydroxyl groups excluding tert-OH is 1. The van der Waals surface area contributed by atoms with Gasteiger partial charge in [0.05, 0.1) is 11.0 Å². The number of carbonyl (C=O) groups is 1. The molecule has 1 aromatic rings. The highest BCUT2D eigenvalue weighted by Gasteiger charge is 2.29. The molecule has 2 rings (SSSR count). The van der Waals surface area contributed by atoms with Gasteiger partial charge in [0, 0.05) is 18.7 Å². The predicted molar refractivity (Wildman–Crippen MR) is 70.4 cm³/mol. The molecule has 1 saturated heterocycles. The van der Waals surface area contributed by atoms with Crippen molar-refractivity contribution < 1.29 is 18.3 Å². The van der Waals surface area contributed by atoms with Gasteiger partial charge in [0.1, 0.15) is 0 Å². The summed E-state index contributed by atoms with van der Waals surface area (Å²) < 4.78 is 26.1. The Morgan fingerprint density at radius 1 is 1.42 bits per heavy atom. The van der Waals surface area contributed by atoms with E-state index in [1.165, 1.54) is 23.4 Å².